The molecule has 0 aliphatic carbocycles. The Hall–Kier alpha value is -2.16. The minimum atomic E-state index is -3.84. The van der Waals surface area contributed by atoms with E-state index in [0.29, 0.717) is 5.56 Å². The molecule has 1 aromatic heterocycles. The SMILES string of the molecule is Cc1ccc(N)c(S(=O)(=O)Nc2nnn(C)n2)c1C. The van der Waals surface area contributed by atoms with Gasteiger partial charge in [0.2, 0.25) is 0 Å². The molecule has 3 N–H and O–H groups in total. The van der Waals surface area contributed by atoms with Crippen LogP contribution in [0.15, 0.2) is 17.0 Å². The molecular formula is C10H14N6O2S. The van der Waals surface area contributed by atoms with E-state index < -0.39 is 10.0 Å². The van der Waals surface area contributed by atoms with Crippen molar-refractivity contribution in [1.82, 2.24) is 20.2 Å². The number of nitrogens with zero attached hydrogens (tertiary/aromatic N) is 4. The Morgan fingerprint density at radius 1 is 1.32 bits per heavy atom. The molecule has 0 atom stereocenters. The second-order valence-electron chi connectivity index (χ2n) is 4.13. The second-order valence-corrected chi connectivity index (χ2v) is 5.75. The quantitative estimate of drug-likeness (QED) is 0.777. The molecule has 0 amide bonds. The monoisotopic (exact) mass is 282 g/mol. The lowest BCUT2D eigenvalue weighted by Crippen LogP contribution is -2.17. The highest BCUT2D eigenvalue weighted by molar-refractivity contribution is 7.93. The molecule has 0 aliphatic rings. The second kappa shape index (κ2) is 4.50. The molecule has 8 nitrogen and oxygen atoms in total. The molecule has 0 unspecified atom stereocenters. The van der Waals surface area contributed by atoms with E-state index in [2.05, 4.69) is 20.1 Å². The number of aryl methyl sites for hydroxylation is 2. The lowest BCUT2D eigenvalue weighted by atomic mass is 10.1. The standard InChI is InChI=1S/C10H14N6O2S/c1-6-4-5-8(11)9(7(6)2)19(17,18)14-10-12-15-16(3)13-10/h4-5H,11H2,1-3H3,(H,13,14). The molecule has 2 rings (SSSR count). The normalized spacial score (nSPS) is 11.5. The third kappa shape index (κ3) is 2.50. The Labute approximate surface area is 110 Å². The Balaban J connectivity index is 2.48. The summed E-state index contributed by atoms with van der Waals surface area (Å²) in [5, 5.41) is 10.9. The average molecular weight is 282 g/mol. The van der Waals surface area contributed by atoms with E-state index in [-0.39, 0.29) is 16.5 Å². The van der Waals surface area contributed by atoms with Crippen LogP contribution in [-0.2, 0) is 17.1 Å². The molecule has 0 bridgehead atoms. The van der Waals surface area contributed by atoms with Gasteiger partial charge in [-0.25, -0.2) is 13.1 Å². The van der Waals surface area contributed by atoms with Crippen molar-refractivity contribution in [2.24, 2.45) is 7.05 Å². The Morgan fingerprint density at radius 2 is 2.00 bits per heavy atom. The van der Waals surface area contributed by atoms with Crippen molar-refractivity contribution >= 4 is 21.7 Å². The summed E-state index contributed by atoms with van der Waals surface area (Å²) in [4.78, 5) is 1.20. The number of hydrogen-bond donors (Lipinski definition) is 2. The van der Waals surface area contributed by atoms with Gasteiger partial charge in [0.05, 0.1) is 12.7 Å². The molecular weight excluding hydrogens is 268 g/mol. The zero-order valence-corrected chi connectivity index (χ0v) is 11.6. The number of aromatic nitrogens is 4. The van der Waals surface area contributed by atoms with Crippen LogP contribution >= 0.6 is 0 Å². The molecule has 102 valence electrons. The van der Waals surface area contributed by atoms with Gasteiger partial charge in [-0.2, -0.15) is 4.80 Å². The van der Waals surface area contributed by atoms with Crippen LogP contribution in [0, 0.1) is 13.8 Å². The van der Waals surface area contributed by atoms with Gasteiger partial charge in [0.25, 0.3) is 16.0 Å². The van der Waals surface area contributed by atoms with Gasteiger partial charge < -0.3 is 5.73 Å². The Bertz CT molecular complexity index is 722. The summed E-state index contributed by atoms with van der Waals surface area (Å²) in [5.41, 5.74) is 7.36. The van der Waals surface area contributed by atoms with E-state index in [1.807, 2.05) is 6.92 Å². The van der Waals surface area contributed by atoms with Gasteiger partial charge in [-0.05, 0) is 36.3 Å². The van der Waals surface area contributed by atoms with Gasteiger partial charge in [-0.15, -0.1) is 5.10 Å². The van der Waals surface area contributed by atoms with Crippen molar-refractivity contribution in [3.8, 4) is 0 Å². The number of tetrazole rings is 1. The molecule has 0 radical (unpaired) electrons. The van der Waals surface area contributed by atoms with E-state index in [0.717, 1.165) is 10.4 Å². The van der Waals surface area contributed by atoms with Gasteiger partial charge in [-0.1, -0.05) is 11.2 Å². The van der Waals surface area contributed by atoms with Crippen molar-refractivity contribution < 1.29 is 8.42 Å². The molecule has 9 heteroatoms. The summed E-state index contributed by atoms with van der Waals surface area (Å²) < 4.78 is 26.8. The molecule has 0 saturated carbocycles. The first kappa shape index (κ1) is 13.3. The fourth-order valence-electron chi connectivity index (χ4n) is 1.66. The number of anilines is 2. The fraction of sp³-hybridized carbons (Fsp3) is 0.300. The Morgan fingerprint density at radius 3 is 2.58 bits per heavy atom. The minimum Gasteiger partial charge on any atom is -0.398 e. The fourth-order valence-corrected chi connectivity index (χ4v) is 3.03. The molecule has 0 fully saturated rings. The van der Waals surface area contributed by atoms with Crippen LogP contribution in [0.2, 0.25) is 0 Å². The molecule has 1 aromatic carbocycles. The van der Waals surface area contributed by atoms with Crippen LogP contribution in [0.25, 0.3) is 0 Å². The van der Waals surface area contributed by atoms with Crippen LogP contribution in [-0.4, -0.2) is 28.6 Å². The van der Waals surface area contributed by atoms with E-state index in [9.17, 15) is 8.42 Å². The molecule has 2 aromatic rings. The number of nitrogen functional groups attached to an aromatic ring is 1. The van der Waals surface area contributed by atoms with Crippen LogP contribution in [0.3, 0.4) is 0 Å². The first-order valence-electron chi connectivity index (χ1n) is 5.44. The third-order valence-corrected chi connectivity index (χ3v) is 4.24. The molecule has 1 heterocycles. The van der Waals surface area contributed by atoms with Gasteiger partial charge in [-0.3, -0.25) is 0 Å². The zero-order valence-electron chi connectivity index (χ0n) is 10.7. The predicted molar refractivity (Wildman–Crippen MR) is 69.9 cm³/mol. The summed E-state index contributed by atoms with van der Waals surface area (Å²) in [6, 6.07) is 3.32. The third-order valence-electron chi connectivity index (χ3n) is 2.71. The van der Waals surface area contributed by atoms with E-state index in [4.69, 9.17) is 5.73 Å². The number of hydrogen-bond acceptors (Lipinski definition) is 6. The van der Waals surface area contributed by atoms with Crippen LogP contribution < -0.4 is 10.5 Å². The summed E-state index contributed by atoms with van der Waals surface area (Å²) in [7, 11) is -2.30. The van der Waals surface area contributed by atoms with E-state index >= 15 is 0 Å². The number of benzene rings is 1. The summed E-state index contributed by atoms with van der Waals surface area (Å²) in [6.07, 6.45) is 0. The minimum absolute atomic E-state index is 0.0416. The van der Waals surface area contributed by atoms with Crippen molar-refractivity contribution in [2.45, 2.75) is 18.7 Å². The predicted octanol–water partition coefficient (Wildman–Crippen LogP) is 0.210. The first-order chi connectivity index (χ1) is 8.81. The lowest BCUT2D eigenvalue weighted by molar-refractivity contribution is 0.600. The molecule has 0 saturated heterocycles. The van der Waals surface area contributed by atoms with Gasteiger partial charge in [0.15, 0.2) is 0 Å². The highest BCUT2D eigenvalue weighted by Gasteiger charge is 2.22. The topological polar surface area (TPSA) is 116 Å². The van der Waals surface area contributed by atoms with Gasteiger partial charge >= 0.3 is 0 Å². The van der Waals surface area contributed by atoms with Crippen molar-refractivity contribution in [3.05, 3.63) is 23.3 Å². The first-order valence-corrected chi connectivity index (χ1v) is 6.92. The lowest BCUT2D eigenvalue weighted by Gasteiger charge is -2.12. The van der Waals surface area contributed by atoms with Gasteiger partial charge in [0.1, 0.15) is 4.90 Å². The van der Waals surface area contributed by atoms with Crippen LogP contribution in [0.5, 0.6) is 0 Å². The summed E-state index contributed by atoms with van der Waals surface area (Å²) >= 11 is 0. The van der Waals surface area contributed by atoms with E-state index in [1.54, 1.807) is 19.1 Å². The largest absolute Gasteiger partial charge is 0.398 e. The van der Waals surface area contributed by atoms with Crippen molar-refractivity contribution in [3.63, 3.8) is 0 Å². The Kier molecular flexibility index (Phi) is 3.14. The summed E-state index contributed by atoms with van der Waals surface area (Å²) in [5.74, 6) is -0.0946. The maximum atomic E-state index is 12.3. The smallest absolute Gasteiger partial charge is 0.277 e. The number of rotatable bonds is 3. The number of nitrogens with one attached hydrogen (secondary N) is 1. The highest BCUT2D eigenvalue weighted by atomic mass is 32.2. The van der Waals surface area contributed by atoms with E-state index in [1.165, 1.54) is 7.05 Å². The number of nitrogens with two attached hydrogens (primary N) is 1. The van der Waals surface area contributed by atoms with Crippen molar-refractivity contribution in [1.29, 1.82) is 0 Å². The number of sulfonamides is 1. The van der Waals surface area contributed by atoms with Crippen LogP contribution in [0.1, 0.15) is 11.1 Å². The maximum absolute atomic E-state index is 12.3. The molecule has 0 spiro atoms. The summed E-state index contributed by atoms with van der Waals surface area (Å²) in [6.45, 7) is 3.51. The van der Waals surface area contributed by atoms with Crippen LogP contribution in [0.4, 0.5) is 11.6 Å². The molecule has 19 heavy (non-hydrogen) atoms. The highest BCUT2D eigenvalue weighted by Crippen LogP contribution is 2.26. The maximum Gasteiger partial charge on any atom is 0.277 e. The van der Waals surface area contributed by atoms with Gasteiger partial charge in [0, 0.05) is 0 Å². The zero-order chi connectivity index (χ0) is 14.2. The average Bonchev–Trinajstić information content (AvgIpc) is 2.68. The molecule has 0 aliphatic heterocycles. The van der Waals surface area contributed by atoms with Crippen molar-refractivity contribution in [2.75, 3.05) is 10.5 Å².